The van der Waals surface area contributed by atoms with E-state index in [4.69, 9.17) is 0 Å². The van der Waals surface area contributed by atoms with Gasteiger partial charge in [-0.25, -0.2) is 0 Å². The normalized spacial score (nSPS) is 15.3. The molecule has 0 aliphatic carbocycles. The topological polar surface area (TPSA) is 88.7 Å². The Balaban J connectivity index is 2.22. The van der Waals surface area contributed by atoms with Gasteiger partial charge in [-0.05, 0) is 27.2 Å². The highest BCUT2D eigenvalue weighted by molar-refractivity contribution is 5.98. The van der Waals surface area contributed by atoms with Gasteiger partial charge in [-0.3, -0.25) is 14.4 Å². The summed E-state index contributed by atoms with van der Waals surface area (Å²) >= 11 is 0. The summed E-state index contributed by atoms with van der Waals surface area (Å²) in [6.07, 6.45) is 0.810. The smallest absolute Gasteiger partial charge is 0.280 e. The number of hydrogen-bond donors (Lipinski definition) is 1. The maximum Gasteiger partial charge on any atom is 0.280 e. The van der Waals surface area contributed by atoms with E-state index in [0.29, 0.717) is 16.9 Å². The quantitative estimate of drug-likeness (QED) is 0.831. The summed E-state index contributed by atoms with van der Waals surface area (Å²) in [5, 5.41) is 7.46. The van der Waals surface area contributed by atoms with Crippen molar-refractivity contribution in [2.45, 2.75) is 85.5 Å². The van der Waals surface area contributed by atoms with E-state index >= 15 is 0 Å². The van der Waals surface area contributed by atoms with Gasteiger partial charge in [0, 0.05) is 23.6 Å². The molecule has 2 aromatic heterocycles. The lowest BCUT2D eigenvalue weighted by Gasteiger charge is -2.20. The van der Waals surface area contributed by atoms with Gasteiger partial charge < -0.3 is 14.8 Å². The Bertz CT molecular complexity index is 1030. The number of nitrogens with one attached hydrogen (secondary N) is 1. The van der Waals surface area contributed by atoms with Crippen LogP contribution in [0.15, 0.2) is 10.9 Å². The third-order valence-corrected chi connectivity index (χ3v) is 5.48. The van der Waals surface area contributed by atoms with E-state index in [1.54, 1.807) is 9.47 Å². The molecule has 0 spiro atoms. The minimum absolute atomic E-state index is 0.0314. The van der Waals surface area contributed by atoms with Crippen LogP contribution in [0.3, 0.4) is 0 Å². The van der Waals surface area contributed by atoms with Gasteiger partial charge in [0.2, 0.25) is 5.91 Å². The number of fused-ring (bicyclic) bond motifs is 2. The zero-order valence-corrected chi connectivity index (χ0v) is 18.4. The molecule has 0 bridgehead atoms. The lowest BCUT2D eigenvalue weighted by atomic mass is 9.93. The lowest BCUT2D eigenvalue weighted by molar-refractivity contribution is -0.122. The van der Waals surface area contributed by atoms with Gasteiger partial charge in [0.25, 0.3) is 11.5 Å². The molecule has 2 aromatic rings. The third-order valence-electron chi connectivity index (χ3n) is 5.48. The molecule has 0 aromatic carbocycles. The highest BCUT2D eigenvalue weighted by Gasteiger charge is 2.36. The second kappa shape index (κ2) is 7.31. The van der Waals surface area contributed by atoms with Crippen molar-refractivity contribution in [3.8, 4) is 0 Å². The van der Waals surface area contributed by atoms with Crippen molar-refractivity contribution < 1.29 is 9.59 Å². The zero-order chi connectivity index (χ0) is 21.7. The van der Waals surface area contributed by atoms with E-state index in [9.17, 15) is 14.4 Å². The summed E-state index contributed by atoms with van der Waals surface area (Å²) in [4.78, 5) is 40.6. The van der Waals surface area contributed by atoms with Crippen molar-refractivity contribution in [3.05, 3.63) is 33.4 Å². The molecule has 0 unspecified atom stereocenters. The molecule has 3 heterocycles. The summed E-state index contributed by atoms with van der Waals surface area (Å²) in [6, 6.07) is 1.79. The van der Waals surface area contributed by atoms with Gasteiger partial charge in [0.05, 0.1) is 17.8 Å². The van der Waals surface area contributed by atoms with Crippen molar-refractivity contribution >= 4 is 17.5 Å². The molecular weight excluding hydrogens is 370 g/mol. The molecule has 0 fully saturated rings. The average molecular weight is 402 g/mol. The van der Waals surface area contributed by atoms with Gasteiger partial charge in [-0.1, -0.05) is 27.7 Å². The number of hydrogen-bond acceptors (Lipinski definition) is 4. The van der Waals surface area contributed by atoms with Crippen molar-refractivity contribution in [1.82, 2.24) is 24.4 Å². The number of nitrogens with zero attached hydrogens (tertiary/aromatic N) is 4. The molecule has 29 heavy (non-hydrogen) atoms. The Labute approximate surface area is 170 Å². The number of aromatic nitrogens is 3. The Morgan fingerprint density at radius 3 is 2.45 bits per heavy atom. The van der Waals surface area contributed by atoms with Crippen molar-refractivity contribution in [1.29, 1.82) is 0 Å². The van der Waals surface area contributed by atoms with E-state index in [2.05, 4.69) is 10.4 Å². The maximum absolute atomic E-state index is 13.1. The number of rotatable bonds is 5. The molecule has 0 saturated carbocycles. The molecular formula is C21H31N5O3. The number of carbonyl (C=O) groups excluding carboxylic acids is 2. The predicted octanol–water partition coefficient (Wildman–Crippen LogP) is 2.07. The van der Waals surface area contributed by atoms with Crippen LogP contribution < -0.4 is 10.9 Å². The van der Waals surface area contributed by atoms with Crippen LogP contribution in [-0.2, 0) is 23.3 Å². The minimum atomic E-state index is -0.291. The molecule has 1 atom stereocenters. The van der Waals surface area contributed by atoms with E-state index in [0.717, 1.165) is 12.1 Å². The SMILES string of the molecule is CC[C@H](C)NC(=O)Cn1c2c(c(=O)n3nc(C(C)(C)C)cc13)CN(C(C)C)C2=O. The lowest BCUT2D eigenvalue weighted by Crippen LogP contribution is -2.37. The van der Waals surface area contributed by atoms with Crippen molar-refractivity contribution in [2.75, 3.05) is 0 Å². The Morgan fingerprint density at radius 1 is 1.24 bits per heavy atom. The van der Waals surface area contributed by atoms with Crippen LogP contribution in [0.2, 0.25) is 0 Å². The standard InChI is InChI=1S/C21H31N5O3/c1-8-13(4)22-16(27)11-25-17-9-15(21(5,6)7)23-26(17)19(28)14-10-24(12(2)3)20(29)18(14)25/h9,12-13H,8,10-11H2,1-7H3,(H,22,27)/t13-/m0/s1. The van der Waals surface area contributed by atoms with Crippen LogP contribution >= 0.6 is 0 Å². The summed E-state index contributed by atoms with van der Waals surface area (Å²) in [5.74, 6) is -0.411. The zero-order valence-electron chi connectivity index (χ0n) is 18.4. The Hall–Kier alpha value is -2.64. The second-order valence-corrected chi connectivity index (χ2v) is 9.17. The molecule has 0 radical (unpaired) electrons. The summed E-state index contributed by atoms with van der Waals surface area (Å²) in [6.45, 7) is 14.0. The molecule has 8 heteroatoms. The fraction of sp³-hybridized carbons (Fsp3) is 0.619. The Morgan fingerprint density at radius 2 is 1.90 bits per heavy atom. The van der Waals surface area contributed by atoms with Crippen LogP contribution in [0.1, 0.15) is 76.6 Å². The first-order valence-corrected chi connectivity index (χ1v) is 10.2. The van der Waals surface area contributed by atoms with Gasteiger partial charge in [0.1, 0.15) is 17.9 Å². The highest BCUT2D eigenvalue weighted by atomic mass is 16.2. The van der Waals surface area contributed by atoms with Crippen LogP contribution in [0.4, 0.5) is 0 Å². The summed E-state index contributed by atoms with van der Waals surface area (Å²) in [5.41, 5.74) is 1.35. The minimum Gasteiger partial charge on any atom is -0.352 e. The third kappa shape index (κ3) is 3.68. The van der Waals surface area contributed by atoms with E-state index in [-0.39, 0.29) is 48.0 Å². The first kappa shape index (κ1) is 21.1. The van der Waals surface area contributed by atoms with Gasteiger partial charge in [-0.2, -0.15) is 9.61 Å². The molecule has 1 aliphatic heterocycles. The van der Waals surface area contributed by atoms with Crippen molar-refractivity contribution in [3.63, 3.8) is 0 Å². The highest BCUT2D eigenvalue weighted by Crippen LogP contribution is 2.27. The van der Waals surface area contributed by atoms with Crippen molar-refractivity contribution in [2.24, 2.45) is 0 Å². The van der Waals surface area contributed by atoms with Crippen LogP contribution in [-0.4, -0.2) is 43.0 Å². The molecule has 3 rings (SSSR count). The molecule has 2 amide bonds. The van der Waals surface area contributed by atoms with E-state index < -0.39 is 0 Å². The molecule has 8 nitrogen and oxygen atoms in total. The fourth-order valence-corrected chi connectivity index (χ4v) is 3.49. The summed E-state index contributed by atoms with van der Waals surface area (Å²) in [7, 11) is 0. The number of carbonyl (C=O) groups is 2. The monoisotopic (exact) mass is 401 g/mol. The molecule has 1 N–H and O–H groups in total. The van der Waals surface area contributed by atoms with Gasteiger partial charge in [-0.15, -0.1) is 0 Å². The largest absolute Gasteiger partial charge is 0.352 e. The molecule has 158 valence electrons. The Kier molecular flexibility index (Phi) is 5.32. The fourth-order valence-electron chi connectivity index (χ4n) is 3.49. The van der Waals surface area contributed by atoms with E-state index in [1.165, 1.54) is 4.52 Å². The summed E-state index contributed by atoms with van der Waals surface area (Å²) < 4.78 is 2.99. The molecule has 1 aliphatic rings. The molecule has 0 saturated heterocycles. The van der Waals surface area contributed by atoms with Crippen LogP contribution in [0, 0.1) is 0 Å². The second-order valence-electron chi connectivity index (χ2n) is 9.17. The van der Waals surface area contributed by atoms with E-state index in [1.807, 2.05) is 54.5 Å². The maximum atomic E-state index is 13.1. The van der Waals surface area contributed by atoms with Crippen LogP contribution in [0.25, 0.3) is 5.65 Å². The first-order chi connectivity index (χ1) is 13.5. The van der Waals surface area contributed by atoms with Gasteiger partial charge in [0.15, 0.2) is 0 Å². The average Bonchev–Trinajstić information content (AvgIpc) is 3.21. The van der Waals surface area contributed by atoms with Crippen LogP contribution in [0.5, 0.6) is 0 Å². The van der Waals surface area contributed by atoms with Gasteiger partial charge >= 0.3 is 0 Å². The predicted molar refractivity (Wildman–Crippen MR) is 111 cm³/mol. The first-order valence-electron chi connectivity index (χ1n) is 10.2. The number of amides is 2.